The topological polar surface area (TPSA) is 108 Å². The molecule has 1 heterocycles. The Morgan fingerprint density at radius 2 is 1.76 bits per heavy atom. The van der Waals surface area contributed by atoms with Crippen molar-refractivity contribution in [2.75, 3.05) is 18.4 Å². The number of hydrogen-bond donors (Lipinski definition) is 2. The van der Waals surface area contributed by atoms with Gasteiger partial charge in [-0.1, -0.05) is 30.3 Å². The molecule has 2 amide bonds. The molecule has 34 heavy (non-hydrogen) atoms. The summed E-state index contributed by atoms with van der Waals surface area (Å²) in [7, 11) is -3.98. The molecule has 3 rings (SSSR count). The quantitative estimate of drug-likeness (QED) is 0.330. The van der Waals surface area contributed by atoms with Crippen LogP contribution in [-0.4, -0.2) is 43.8 Å². The summed E-state index contributed by atoms with van der Waals surface area (Å²) in [5, 5.41) is 8.49. The van der Waals surface area contributed by atoms with E-state index in [1.165, 1.54) is 42.5 Å². The lowest BCUT2D eigenvalue weighted by Crippen LogP contribution is -2.40. The minimum Gasteiger partial charge on any atom is -0.326 e. The van der Waals surface area contributed by atoms with Crippen LogP contribution in [0.3, 0.4) is 0 Å². The van der Waals surface area contributed by atoms with Gasteiger partial charge in [0.2, 0.25) is 15.9 Å². The summed E-state index contributed by atoms with van der Waals surface area (Å²) in [4.78, 5) is 24.7. The van der Waals surface area contributed by atoms with Crippen LogP contribution in [-0.2, 0) is 26.0 Å². The summed E-state index contributed by atoms with van der Waals surface area (Å²) in [6.45, 7) is 3.04. The molecule has 0 bridgehead atoms. The van der Waals surface area contributed by atoms with Crippen LogP contribution in [0.2, 0.25) is 0 Å². The molecule has 1 aromatic heterocycles. The van der Waals surface area contributed by atoms with Crippen LogP contribution in [0.25, 0.3) is 0 Å². The maximum absolute atomic E-state index is 13.3. The number of thiophene rings is 1. The highest BCUT2D eigenvalue weighted by molar-refractivity contribution is 7.89. The predicted octanol–water partition coefficient (Wildman–Crippen LogP) is 3.40. The van der Waals surface area contributed by atoms with Crippen molar-refractivity contribution in [2.45, 2.75) is 25.2 Å². The Morgan fingerprint density at radius 1 is 1.06 bits per heavy atom. The van der Waals surface area contributed by atoms with E-state index in [9.17, 15) is 18.0 Å². The van der Waals surface area contributed by atoms with Crippen molar-refractivity contribution in [3.05, 3.63) is 82.0 Å². The van der Waals surface area contributed by atoms with Crippen molar-refractivity contribution >= 4 is 45.1 Å². The van der Waals surface area contributed by atoms with Gasteiger partial charge < -0.3 is 5.32 Å². The first-order chi connectivity index (χ1) is 16.3. The highest BCUT2D eigenvalue weighted by atomic mass is 32.2. The Bertz CT molecular complexity index is 1250. The van der Waals surface area contributed by atoms with Crippen LogP contribution in [0.4, 0.5) is 5.69 Å². The van der Waals surface area contributed by atoms with E-state index in [0.717, 1.165) is 20.3 Å². The van der Waals surface area contributed by atoms with Gasteiger partial charge in [-0.3, -0.25) is 9.59 Å². The number of nitrogens with zero attached hydrogens (tertiary/aromatic N) is 2. The smallest absolute Gasteiger partial charge is 0.255 e. The molecule has 10 heteroatoms. The molecule has 3 aromatic rings. The Labute approximate surface area is 203 Å². The average molecular weight is 499 g/mol. The lowest BCUT2D eigenvalue weighted by Gasteiger charge is -2.21. The van der Waals surface area contributed by atoms with Gasteiger partial charge in [-0.2, -0.15) is 9.41 Å². The lowest BCUT2D eigenvalue weighted by atomic mass is 10.1. The monoisotopic (exact) mass is 498 g/mol. The number of hydrogen-bond acceptors (Lipinski definition) is 6. The number of aryl methyl sites for hydroxylation is 1. The molecule has 0 radical (unpaired) electrons. The Balaban J connectivity index is 1.76. The molecule has 178 valence electrons. The number of rotatable bonds is 10. The first-order valence-corrected chi connectivity index (χ1v) is 12.9. The fourth-order valence-electron chi connectivity index (χ4n) is 3.12. The number of nitrogens with one attached hydrogen (secondary N) is 2. The minimum atomic E-state index is -3.98. The van der Waals surface area contributed by atoms with Crippen molar-refractivity contribution in [2.24, 2.45) is 5.10 Å². The number of anilines is 1. The Hall–Kier alpha value is -3.34. The van der Waals surface area contributed by atoms with Gasteiger partial charge in [0.1, 0.15) is 0 Å². The van der Waals surface area contributed by atoms with Gasteiger partial charge >= 0.3 is 0 Å². The summed E-state index contributed by atoms with van der Waals surface area (Å²) in [6, 6.07) is 17.2. The standard InChI is InChI=1S/C24H26N4O4S2/c1-18-13-15-33-23(18)16-25-27-24(30)17-28(14-12-20-6-4-3-5-7-20)34(31,32)22-10-8-21(9-11-22)26-19(2)29/h3-11,13,15-16H,12,14,17H2,1-2H3,(H,26,29)(H,27,30)/b25-16+. The molecule has 0 aliphatic rings. The highest BCUT2D eigenvalue weighted by Gasteiger charge is 2.26. The van der Waals surface area contributed by atoms with Crippen molar-refractivity contribution in [1.82, 2.24) is 9.73 Å². The molecule has 0 saturated carbocycles. The first-order valence-electron chi connectivity index (χ1n) is 10.5. The van der Waals surface area contributed by atoms with E-state index >= 15 is 0 Å². The predicted molar refractivity (Wildman–Crippen MR) is 134 cm³/mol. The van der Waals surface area contributed by atoms with Crippen LogP contribution in [0.1, 0.15) is 22.9 Å². The van der Waals surface area contributed by atoms with Gasteiger partial charge in [-0.05, 0) is 60.2 Å². The second-order valence-corrected chi connectivity index (χ2v) is 10.4. The highest BCUT2D eigenvalue weighted by Crippen LogP contribution is 2.19. The molecule has 0 spiro atoms. The molecule has 2 N–H and O–H groups in total. The zero-order valence-electron chi connectivity index (χ0n) is 18.9. The van der Waals surface area contributed by atoms with Crippen LogP contribution in [0.5, 0.6) is 0 Å². The summed E-state index contributed by atoms with van der Waals surface area (Å²) in [6.07, 6.45) is 1.98. The van der Waals surface area contributed by atoms with Crippen LogP contribution in [0.15, 0.2) is 76.0 Å². The van der Waals surface area contributed by atoms with Crippen molar-refractivity contribution < 1.29 is 18.0 Å². The largest absolute Gasteiger partial charge is 0.326 e. The maximum atomic E-state index is 13.3. The Kier molecular flexibility index (Phi) is 8.69. The zero-order chi connectivity index (χ0) is 24.6. The van der Waals surface area contributed by atoms with Crippen LogP contribution < -0.4 is 10.7 Å². The normalized spacial score (nSPS) is 11.6. The van der Waals surface area contributed by atoms with Crippen LogP contribution >= 0.6 is 11.3 Å². The third-order valence-corrected chi connectivity index (χ3v) is 7.71. The molecular weight excluding hydrogens is 472 g/mol. The molecule has 0 saturated heterocycles. The van der Waals surface area contributed by atoms with Gasteiger partial charge in [-0.15, -0.1) is 11.3 Å². The summed E-state index contributed by atoms with van der Waals surface area (Å²) in [5.41, 5.74) is 4.89. The van der Waals surface area contributed by atoms with Gasteiger partial charge in [0.15, 0.2) is 0 Å². The fraction of sp³-hybridized carbons (Fsp3) is 0.208. The fourth-order valence-corrected chi connectivity index (χ4v) is 5.30. The third kappa shape index (κ3) is 7.08. The third-order valence-electron chi connectivity index (χ3n) is 4.90. The van der Waals surface area contributed by atoms with E-state index in [1.54, 1.807) is 6.21 Å². The van der Waals surface area contributed by atoms with Gasteiger partial charge in [0, 0.05) is 24.0 Å². The number of benzene rings is 2. The van der Waals surface area contributed by atoms with E-state index in [4.69, 9.17) is 0 Å². The lowest BCUT2D eigenvalue weighted by molar-refractivity contribution is -0.121. The van der Waals surface area contributed by atoms with E-state index in [2.05, 4.69) is 15.8 Å². The number of amides is 2. The maximum Gasteiger partial charge on any atom is 0.255 e. The molecule has 2 aromatic carbocycles. The second kappa shape index (κ2) is 11.7. The molecule has 0 fully saturated rings. The summed E-state index contributed by atoms with van der Waals surface area (Å²) < 4.78 is 27.8. The molecular formula is C24H26N4O4S2. The average Bonchev–Trinajstić information content (AvgIpc) is 3.21. The van der Waals surface area contributed by atoms with Crippen molar-refractivity contribution in [3.63, 3.8) is 0 Å². The number of carbonyl (C=O) groups excluding carboxylic acids is 2. The van der Waals surface area contributed by atoms with Gasteiger partial charge in [0.25, 0.3) is 5.91 Å². The van der Waals surface area contributed by atoms with Gasteiger partial charge in [-0.25, -0.2) is 13.8 Å². The van der Waals surface area contributed by atoms with E-state index in [1.807, 2.05) is 48.7 Å². The second-order valence-electron chi connectivity index (χ2n) is 7.54. The molecule has 0 aliphatic carbocycles. The van der Waals surface area contributed by atoms with E-state index < -0.39 is 15.9 Å². The first kappa shape index (κ1) is 25.3. The zero-order valence-corrected chi connectivity index (χ0v) is 20.5. The van der Waals surface area contributed by atoms with Crippen molar-refractivity contribution in [3.8, 4) is 0 Å². The van der Waals surface area contributed by atoms with E-state index in [-0.39, 0.29) is 23.9 Å². The summed E-state index contributed by atoms with van der Waals surface area (Å²) >= 11 is 1.49. The van der Waals surface area contributed by atoms with Crippen LogP contribution in [0, 0.1) is 6.92 Å². The molecule has 8 nitrogen and oxygen atoms in total. The molecule has 0 atom stereocenters. The number of hydrazone groups is 1. The molecule has 0 aliphatic heterocycles. The number of sulfonamides is 1. The van der Waals surface area contributed by atoms with Gasteiger partial charge in [0.05, 0.1) is 17.7 Å². The number of carbonyl (C=O) groups is 2. The Morgan fingerprint density at radius 3 is 2.38 bits per heavy atom. The SMILES string of the molecule is CC(=O)Nc1ccc(S(=O)(=O)N(CCc2ccccc2)CC(=O)N/N=C/c2sccc2C)cc1. The van der Waals surface area contributed by atoms with Crippen molar-refractivity contribution in [1.29, 1.82) is 0 Å². The van der Waals surface area contributed by atoms with E-state index in [0.29, 0.717) is 12.1 Å². The minimum absolute atomic E-state index is 0.0279. The summed E-state index contributed by atoms with van der Waals surface area (Å²) in [5.74, 6) is -0.799. The molecule has 0 unspecified atom stereocenters.